The lowest BCUT2D eigenvalue weighted by Crippen LogP contribution is -2.75. The molecule has 0 amide bonds. The zero-order valence-corrected chi connectivity index (χ0v) is 34.0. The predicted octanol–water partition coefficient (Wildman–Crippen LogP) is 11.7. The molecule has 11 rings (SSSR count). The quantitative estimate of drug-likeness (QED) is 0.0853. The number of imidazole rings is 1. The maximum absolute atomic E-state index is 5.15. The van der Waals surface area contributed by atoms with Crippen LogP contribution in [-0.4, -0.2) is 17.6 Å². The highest BCUT2D eigenvalue weighted by atomic mass is 28.3. The molecular weight excluding hydrogens is 741 g/mol. The number of hydrogen-bond donors (Lipinski definition) is 0. The summed E-state index contributed by atoms with van der Waals surface area (Å²) in [6.45, 7) is 0. The van der Waals surface area contributed by atoms with E-state index in [4.69, 9.17) is 4.98 Å². The Morgan fingerprint density at radius 2 is 0.750 bits per heavy atom. The molecule has 10 aromatic carbocycles. The molecule has 0 bridgehead atoms. The van der Waals surface area contributed by atoms with Gasteiger partial charge in [-0.25, -0.2) is 4.98 Å². The smallest absolute Gasteiger partial charge is 0.180 e. The van der Waals surface area contributed by atoms with Crippen LogP contribution in [0.25, 0.3) is 71.9 Å². The van der Waals surface area contributed by atoms with E-state index in [1.54, 1.807) is 0 Å². The van der Waals surface area contributed by atoms with Crippen LogP contribution in [0.2, 0.25) is 0 Å². The highest BCUT2D eigenvalue weighted by Gasteiger charge is 2.44. The molecule has 0 aliphatic rings. The van der Waals surface area contributed by atoms with Gasteiger partial charge in [0.15, 0.2) is 8.07 Å². The summed E-state index contributed by atoms with van der Waals surface area (Å²) in [7, 11) is -2.88. The lowest BCUT2D eigenvalue weighted by atomic mass is 9.91. The first-order valence-corrected chi connectivity index (χ1v) is 22.6. The van der Waals surface area contributed by atoms with Gasteiger partial charge in [-0.3, -0.25) is 4.57 Å². The van der Waals surface area contributed by atoms with Gasteiger partial charge in [0.25, 0.3) is 0 Å². The van der Waals surface area contributed by atoms with Crippen molar-refractivity contribution < 1.29 is 0 Å². The number of nitrogens with zero attached hydrogens (tertiary/aromatic N) is 2. The Balaban J connectivity index is 1.12. The van der Waals surface area contributed by atoms with Crippen molar-refractivity contribution in [2.75, 3.05) is 0 Å². The SMILES string of the molecule is c1ccc(-c2nc3ccc(-c4ccc(-c5c6ccccc6c([Si](c6ccccc6)(c6ccccc6)c6ccccc6)c6ccccc56)cc4)cc3n2-c2ccccc2)cc1. The van der Waals surface area contributed by atoms with Crippen LogP contribution in [0.15, 0.2) is 243 Å². The Labute approximate surface area is 351 Å². The Bertz CT molecular complexity index is 3120. The Morgan fingerprint density at radius 3 is 1.27 bits per heavy atom. The fourth-order valence-corrected chi connectivity index (χ4v) is 14.7. The average Bonchev–Trinajstić information content (AvgIpc) is 3.72. The maximum atomic E-state index is 5.15. The topological polar surface area (TPSA) is 17.8 Å². The van der Waals surface area contributed by atoms with Crippen LogP contribution < -0.4 is 20.7 Å². The lowest BCUT2D eigenvalue weighted by Gasteiger charge is -2.37. The van der Waals surface area contributed by atoms with Crippen molar-refractivity contribution in [3.63, 3.8) is 0 Å². The van der Waals surface area contributed by atoms with Gasteiger partial charge in [0, 0.05) is 11.3 Å². The Kier molecular flexibility index (Phi) is 8.87. The van der Waals surface area contributed by atoms with Crippen LogP contribution in [0.5, 0.6) is 0 Å². The fourth-order valence-electron chi connectivity index (χ4n) is 9.54. The van der Waals surface area contributed by atoms with Crippen molar-refractivity contribution in [3.8, 4) is 39.3 Å². The summed E-state index contributed by atoms with van der Waals surface area (Å²) in [6.07, 6.45) is 0. The van der Waals surface area contributed by atoms with Crippen molar-refractivity contribution in [2.45, 2.75) is 0 Å². The summed E-state index contributed by atoms with van der Waals surface area (Å²) < 4.78 is 2.28. The molecule has 0 fully saturated rings. The lowest BCUT2D eigenvalue weighted by molar-refractivity contribution is 1.10. The van der Waals surface area contributed by atoms with Gasteiger partial charge in [-0.2, -0.15) is 0 Å². The third-order valence-corrected chi connectivity index (χ3v) is 17.0. The molecule has 0 radical (unpaired) electrons. The highest BCUT2D eigenvalue weighted by Crippen LogP contribution is 2.38. The molecule has 11 aromatic rings. The summed E-state index contributed by atoms with van der Waals surface area (Å²) >= 11 is 0. The summed E-state index contributed by atoms with van der Waals surface area (Å²) in [6, 6.07) is 88.9. The third-order valence-electron chi connectivity index (χ3n) is 12.1. The molecule has 0 atom stereocenters. The van der Waals surface area contributed by atoms with Gasteiger partial charge in [0.2, 0.25) is 0 Å². The molecule has 3 heteroatoms. The second-order valence-electron chi connectivity index (χ2n) is 15.4. The van der Waals surface area contributed by atoms with Crippen LogP contribution in [0, 0.1) is 0 Å². The Hall–Kier alpha value is -7.59. The van der Waals surface area contributed by atoms with E-state index in [9.17, 15) is 0 Å². The number of benzene rings is 10. The normalized spacial score (nSPS) is 11.7. The van der Waals surface area contributed by atoms with E-state index < -0.39 is 8.07 Å². The van der Waals surface area contributed by atoms with Crippen molar-refractivity contribution in [1.82, 2.24) is 9.55 Å². The largest absolute Gasteiger partial charge is 0.292 e. The maximum Gasteiger partial charge on any atom is 0.180 e. The van der Waals surface area contributed by atoms with E-state index in [1.165, 1.54) is 53.4 Å². The van der Waals surface area contributed by atoms with E-state index in [0.717, 1.165) is 39.2 Å². The molecule has 282 valence electrons. The van der Waals surface area contributed by atoms with Gasteiger partial charge in [0.1, 0.15) is 5.82 Å². The monoisotopic (exact) mass is 780 g/mol. The summed E-state index contributed by atoms with van der Waals surface area (Å²) in [5, 5.41) is 10.7. The third kappa shape index (κ3) is 5.82. The van der Waals surface area contributed by atoms with Crippen molar-refractivity contribution in [1.29, 1.82) is 0 Å². The van der Waals surface area contributed by atoms with Crippen molar-refractivity contribution in [3.05, 3.63) is 243 Å². The van der Waals surface area contributed by atoms with Gasteiger partial charge in [-0.1, -0.05) is 218 Å². The average molecular weight is 781 g/mol. The van der Waals surface area contributed by atoms with Gasteiger partial charge < -0.3 is 0 Å². The molecule has 0 spiro atoms. The zero-order chi connectivity index (χ0) is 39.9. The molecule has 0 aliphatic heterocycles. The highest BCUT2D eigenvalue weighted by molar-refractivity contribution is 7.21. The van der Waals surface area contributed by atoms with E-state index in [1.807, 2.05) is 0 Å². The minimum Gasteiger partial charge on any atom is -0.292 e. The summed E-state index contributed by atoms with van der Waals surface area (Å²) in [4.78, 5) is 5.15. The molecule has 2 nitrogen and oxygen atoms in total. The van der Waals surface area contributed by atoms with Gasteiger partial charge >= 0.3 is 0 Å². The summed E-state index contributed by atoms with van der Waals surface area (Å²) in [5.74, 6) is 0.936. The van der Waals surface area contributed by atoms with Crippen molar-refractivity contribution >= 4 is 61.4 Å². The second kappa shape index (κ2) is 15.0. The number of aromatic nitrogens is 2. The van der Waals surface area contributed by atoms with E-state index in [-0.39, 0.29) is 0 Å². The minimum atomic E-state index is -2.88. The standard InChI is InChI=1S/C57H40N2Si/c1-6-20-43(21-7-1)57-58-53-39-38-44(40-54(53)59(57)45-22-8-2-9-23-45)41-34-36-42(37-35-41)55-49-30-16-18-32-51(49)56(52-33-19-17-31-50(52)55)60(46-24-10-3-11-25-46,47-26-12-4-13-27-47)48-28-14-5-15-29-48/h1-40H. The molecule has 0 saturated heterocycles. The van der Waals surface area contributed by atoms with Crippen LogP contribution in [-0.2, 0) is 0 Å². The number of rotatable bonds is 8. The molecule has 60 heavy (non-hydrogen) atoms. The zero-order valence-electron chi connectivity index (χ0n) is 33.0. The first-order chi connectivity index (χ1) is 29.8. The summed E-state index contributed by atoms with van der Waals surface area (Å²) in [5.41, 5.74) is 9.01. The molecule has 1 aromatic heterocycles. The minimum absolute atomic E-state index is 0.936. The predicted molar refractivity (Wildman–Crippen MR) is 256 cm³/mol. The Morgan fingerprint density at radius 1 is 0.333 bits per heavy atom. The van der Waals surface area contributed by atoms with E-state index in [0.29, 0.717) is 0 Å². The fraction of sp³-hybridized carbons (Fsp3) is 0. The van der Waals surface area contributed by atoms with Gasteiger partial charge in [0.05, 0.1) is 11.0 Å². The number of para-hydroxylation sites is 1. The van der Waals surface area contributed by atoms with Gasteiger partial charge in [-0.15, -0.1) is 0 Å². The van der Waals surface area contributed by atoms with Gasteiger partial charge in [-0.05, 0) is 88.8 Å². The molecule has 0 aliphatic carbocycles. The van der Waals surface area contributed by atoms with Crippen molar-refractivity contribution in [2.24, 2.45) is 0 Å². The van der Waals surface area contributed by atoms with E-state index >= 15 is 0 Å². The first kappa shape index (κ1) is 35.6. The van der Waals surface area contributed by atoms with Crippen LogP contribution in [0.3, 0.4) is 0 Å². The molecule has 0 N–H and O–H groups in total. The number of fused-ring (bicyclic) bond motifs is 3. The molecule has 0 saturated carbocycles. The van der Waals surface area contributed by atoms with Crippen LogP contribution in [0.4, 0.5) is 0 Å². The molecule has 1 heterocycles. The van der Waals surface area contributed by atoms with E-state index in [2.05, 4.69) is 247 Å². The molecular formula is C57H40N2Si. The first-order valence-electron chi connectivity index (χ1n) is 20.6. The second-order valence-corrected chi connectivity index (χ2v) is 19.2. The van der Waals surface area contributed by atoms with Crippen LogP contribution >= 0.6 is 0 Å². The van der Waals surface area contributed by atoms with Crippen LogP contribution in [0.1, 0.15) is 0 Å². The number of hydrogen-bond acceptors (Lipinski definition) is 1. The molecule has 0 unspecified atom stereocenters.